The van der Waals surface area contributed by atoms with Gasteiger partial charge in [-0.15, -0.1) is 11.3 Å². The summed E-state index contributed by atoms with van der Waals surface area (Å²) in [4.78, 5) is 19.1. The van der Waals surface area contributed by atoms with E-state index in [9.17, 15) is 4.79 Å². The molecule has 0 saturated heterocycles. The van der Waals surface area contributed by atoms with E-state index >= 15 is 0 Å². The Kier molecular flexibility index (Phi) is 3.28. The molecule has 94 valence electrons. The van der Waals surface area contributed by atoms with Crippen molar-refractivity contribution in [2.24, 2.45) is 0 Å². The highest BCUT2D eigenvalue weighted by Gasteiger charge is 2.19. The maximum absolute atomic E-state index is 11.7. The Balaban J connectivity index is 1.89. The summed E-state index contributed by atoms with van der Waals surface area (Å²) < 4.78 is 0. The van der Waals surface area contributed by atoms with Crippen molar-refractivity contribution in [1.82, 2.24) is 9.97 Å². The zero-order valence-electron chi connectivity index (χ0n) is 10.2. The first-order chi connectivity index (χ1) is 8.84. The quantitative estimate of drug-likeness (QED) is 0.897. The molecule has 0 radical (unpaired) electrons. The maximum Gasteiger partial charge on any atom is 0.257 e. The lowest BCUT2D eigenvalue weighted by atomic mass is 9.90. The summed E-state index contributed by atoms with van der Waals surface area (Å²) in [5.74, 6) is 0.611. The molecule has 3 rings (SSSR count). The fourth-order valence-electron chi connectivity index (χ4n) is 2.57. The number of pyridine rings is 1. The largest absolute Gasteiger partial charge is 0.329 e. The molecule has 0 atom stereocenters. The van der Waals surface area contributed by atoms with Gasteiger partial charge in [-0.1, -0.05) is 19.3 Å². The van der Waals surface area contributed by atoms with Crippen molar-refractivity contribution < 1.29 is 0 Å². The molecule has 4 heteroatoms. The molecule has 1 aliphatic rings. The number of aromatic amines is 1. The van der Waals surface area contributed by atoms with E-state index in [1.165, 1.54) is 37.1 Å². The third kappa shape index (κ3) is 2.25. The van der Waals surface area contributed by atoms with Crippen molar-refractivity contribution in [1.29, 1.82) is 0 Å². The van der Waals surface area contributed by atoms with Gasteiger partial charge in [-0.2, -0.15) is 0 Å². The van der Waals surface area contributed by atoms with Crippen molar-refractivity contribution >= 4 is 11.3 Å². The Morgan fingerprint density at radius 1 is 1.28 bits per heavy atom. The van der Waals surface area contributed by atoms with Crippen LogP contribution in [0.25, 0.3) is 11.3 Å². The Morgan fingerprint density at radius 2 is 2.11 bits per heavy atom. The number of hydrogen-bond acceptors (Lipinski definition) is 3. The summed E-state index contributed by atoms with van der Waals surface area (Å²) in [5, 5.41) is 3.21. The van der Waals surface area contributed by atoms with Crippen molar-refractivity contribution in [3.63, 3.8) is 0 Å². The average Bonchev–Trinajstić information content (AvgIpc) is 2.90. The Labute approximate surface area is 110 Å². The third-order valence-corrected chi connectivity index (χ3v) is 4.58. The number of hydrogen-bond donors (Lipinski definition) is 1. The monoisotopic (exact) mass is 260 g/mol. The molecule has 0 amide bonds. The fraction of sp³-hybridized carbons (Fsp3) is 0.429. The second-order valence-electron chi connectivity index (χ2n) is 4.82. The third-order valence-electron chi connectivity index (χ3n) is 3.57. The molecule has 1 aliphatic carbocycles. The van der Waals surface area contributed by atoms with E-state index in [2.05, 4.69) is 9.97 Å². The molecule has 0 aromatic carbocycles. The number of aromatic nitrogens is 2. The lowest BCUT2D eigenvalue weighted by Crippen LogP contribution is -2.08. The van der Waals surface area contributed by atoms with E-state index in [0.717, 1.165) is 5.69 Å². The van der Waals surface area contributed by atoms with Crippen molar-refractivity contribution in [3.05, 3.63) is 39.1 Å². The number of rotatable bonds is 2. The van der Waals surface area contributed by atoms with E-state index < -0.39 is 0 Å². The Bertz CT molecular complexity index is 581. The summed E-state index contributed by atoms with van der Waals surface area (Å²) in [6.07, 6.45) is 8.13. The van der Waals surface area contributed by atoms with E-state index in [0.29, 0.717) is 11.5 Å². The van der Waals surface area contributed by atoms with Crippen LogP contribution in [0.2, 0.25) is 0 Å². The topological polar surface area (TPSA) is 45.8 Å². The SMILES string of the molecule is O=c1[nH]cccc1-c1csc(C2CCCCC2)n1. The minimum atomic E-state index is -0.0574. The molecule has 0 aliphatic heterocycles. The number of nitrogens with zero attached hydrogens (tertiary/aromatic N) is 1. The van der Waals surface area contributed by atoms with Crippen LogP contribution in [0.4, 0.5) is 0 Å². The molecule has 0 spiro atoms. The molecule has 0 bridgehead atoms. The molecule has 1 fully saturated rings. The van der Waals surface area contributed by atoms with Crippen molar-refractivity contribution in [2.75, 3.05) is 0 Å². The van der Waals surface area contributed by atoms with Crippen LogP contribution in [-0.4, -0.2) is 9.97 Å². The molecule has 2 aromatic heterocycles. The van der Waals surface area contributed by atoms with Gasteiger partial charge >= 0.3 is 0 Å². The molecule has 1 saturated carbocycles. The molecule has 1 N–H and O–H groups in total. The van der Waals surface area contributed by atoms with Gasteiger partial charge in [0.25, 0.3) is 5.56 Å². The van der Waals surface area contributed by atoms with Crippen molar-refractivity contribution in [3.8, 4) is 11.3 Å². The van der Waals surface area contributed by atoms with Gasteiger partial charge in [0, 0.05) is 17.5 Å². The average molecular weight is 260 g/mol. The van der Waals surface area contributed by atoms with Crippen LogP contribution >= 0.6 is 11.3 Å². The van der Waals surface area contributed by atoms with Gasteiger partial charge in [0.15, 0.2) is 0 Å². The second kappa shape index (κ2) is 5.06. The normalized spacial score (nSPS) is 16.9. The van der Waals surface area contributed by atoms with Crippen LogP contribution in [-0.2, 0) is 0 Å². The molecule has 0 unspecified atom stereocenters. The van der Waals surface area contributed by atoms with E-state index in [1.54, 1.807) is 17.5 Å². The Hall–Kier alpha value is -1.42. The second-order valence-corrected chi connectivity index (χ2v) is 5.71. The summed E-state index contributed by atoms with van der Waals surface area (Å²) in [5.41, 5.74) is 1.44. The van der Waals surface area contributed by atoms with Crippen LogP contribution in [0.5, 0.6) is 0 Å². The first-order valence-corrected chi connectivity index (χ1v) is 7.36. The van der Waals surface area contributed by atoms with E-state index in [4.69, 9.17) is 0 Å². The highest BCUT2D eigenvalue weighted by molar-refractivity contribution is 7.10. The molecular formula is C14H16N2OS. The van der Waals surface area contributed by atoms with Gasteiger partial charge in [0.2, 0.25) is 0 Å². The van der Waals surface area contributed by atoms with Crippen LogP contribution in [0, 0.1) is 0 Å². The lowest BCUT2D eigenvalue weighted by Gasteiger charge is -2.18. The van der Waals surface area contributed by atoms with Crippen LogP contribution in [0.15, 0.2) is 28.5 Å². The van der Waals surface area contributed by atoms with E-state index in [1.807, 2.05) is 17.5 Å². The van der Waals surface area contributed by atoms with Gasteiger partial charge in [-0.25, -0.2) is 4.98 Å². The molecular weight excluding hydrogens is 244 g/mol. The van der Waals surface area contributed by atoms with Crippen LogP contribution < -0.4 is 5.56 Å². The molecule has 2 aromatic rings. The van der Waals surface area contributed by atoms with Crippen LogP contribution in [0.3, 0.4) is 0 Å². The molecule has 2 heterocycles. The van der Waals surface area contributed by atoms with Crippen molar-refractivity contribution in [2.45, 2.75) is 38.0 Å². The van der Waals surface area contributed by atoms with E-state index in [-0.39, 0.29) is 5.56 Å². The summed E-state index contributed by atoms with van der Waals surface area (Å²) >= 11 is 1.70. The maximum atomic E-state index is 11.7. The van der Waals surface area contributed by atoms with Gasteiger partial charge in [0.05, 0.1) is 16.3 Å². The highest BCUT2D eigenvalue weighted by atomic mass is 32.1. The number of H-pyrrole nitrogens is 1. The predicted octanol–water partition coefficient (Wildman–Crippen LogP) is 3.55. The number of thiazole rings is 1. The van der Waals surface area contributed by atoms with Gasteiger partial charge < -0.3 is 4.98 Å². The lowest BCUT2D eigenvalue weighted by molar-refractivity contribution is 0.442. The summed E-state index contributed by atoms with van der Waals surface area (Å²) in [7, 11) is 0. The van der Waals surface area contributed by atoms with Gasteiger partial charge in [0.1, 0.15) is 0 Å². The molecule has 3 nitrogen and oxygen atoms in total. The van der Waals surface area contributed by atoms with Gasteiger partial charge in [-0.3, -0.25) is 4.79 Å². The Morgan fingerprint density at radius 3 is 2.89 bits per heavy atom. The van der Waals surface area contributed by atoms with Gasteiger partial charge in [-0.05, 0) is 25.0 Å². The minimum absolute atomic E-state index is 0.0574. The first kappa shape index (κ1) is 11.7. The zero-order chi connectivity index (χ0) is 12.4. The summed E-state index contributed by atoms with van der Waals surface area (Å²) in [6, 6.07) is 3.68. The number of nitrogens with one attached hydrogen (secondary N) is 1. The first-order valence-electron chi connectivity index (χ1n) is 6.48. The fourth-order valence-corrected chi connectivity index (χ4v) is 3.56. The van der Waals surface area contributed by atoms with Crippen LogP contribution in [0.1, 0.15) is 43.0 Å². The smallest absolute Gasteiger partial charge is 0.257 e. The predicted molar refractivity (Wildman–Crippen MR) is 74.0 cm³/mol. The summed E-state index contributed by atoms with van der Waals surface area (Å²) in [6.45, 7) is 0. The standard InChI is InChI=1S/C14H16N2OS/c17-13-11(7-4-8-15-13)12-9-18-14(16-12)10-5-2-1-3-6-10/h4,7-10H,1-3,5-6H2,(H,15,17). The zero-order valence-corrected chi connectivity index (χ0v) is 11.0. The molecule has 18 heavy (non-hydrogen) atoms. The minimum Gasteiger partial charge on any atom is -0.329 e. The highest BCUT2D eigenvalue weighted by Crippen LogP contribution is 2.35.